The first-order valence-corrected chi connectivity index (χ1v) is 7.21. The summed E-state index contributed by atoms with van der Waals surface area (Å²) in [4.78, 5) is 12.2. The minimum atomic E-state index is -0.634. The maximum absolute atomic E-state index is 12.2. The van der Waals surface area contributed by atoms with Crippen molar-refractivity contribution in [2.24, 2.45) is 0 Å². The lowest BCUT2D eigenvalue weighted by atomic mass is 10.1. The van der Waals surface area contributed by atoms with Crippen LogP contribution in [0, 0.1) is 20.8 Å². The molecule has 116 valence electrons. The molecule has 0 aliphatic carbocycles. The Morgan fingerprint density at radius 1 is 1.09 bits per heavy atom. The summed E-state index contributed by atoms with van der Waals surface area (Å²) in [5.74, 6) is 0.587. The number of phenolic OH excluding ortho intramolecular Hbond substituents is 1. The molecule has 2 aromatic carbocycles. The molecule has 0 heterocycles. The summed E-state index contributed by atoms with van der Waals surface area (Å²) >= 11 is 0. The van der Waals surface area contributed by atoms with Crippen molar-refractivity contribution in [3.8, 4) is 11.5 Å². The molecule has 0 saturated carbocycles. The van der Waals surface area contributed by atoms with Crippen LogP contribution in [-0.4, -0.2) is 17.1 Å². The first-order valence-electron chi connectivity index (χ1n) is 7.21. The Labute approximate surface area is 130 Å². The standard InChI is InChI=1S/C18H21NO3/c1-11-5-8-17(13(3)9-11)22-14(4)18(21)19-15-7-6-12(2)16(20)10-15/h5-10,14,20H,1-4H3,(H,19,21)/t14-/m0/s1. The van der Waals surface area contributed by atoms with Crippen molar-refractivity contribution in [2.75, 3.05) is 5.32 Å². The van der Waals surface area contributed by atoms with Gasteiger partial charge in [-0.1, -0.05) is 23.8 Å². The maximum atomic E-state index is 12.2. The van der Waals surface area contributed by atoms with Crippen LogP contribution >= 0.6 is 0 Å². The topological polar surface area (TPSA) is 58.6 Å². The van der Waals surface area contributed by atoms with E-state index in [1.165, 1.54) is 6.07 Å². The van der Waals surface area contributed by atoms with Crippen molar-refractivity contribution in [2.45, 2.75) is 33.8 Å². The molecule has 22 heavy (non-hydrogen) atoms. The second-order valence-corrected chi connectivity index (χ2v) is 5.52. The maximum Gasteiger partial charge on any atom is 0.265 e. The van der Waals surface area contributed by atoms with Crippen LogP contribution in [-0.2, 0) is 4.79 Å². The van der Waals surface area contributed by atoms with Crippen molar-refractivity contribution in [3.05, 3.63) is 53.1 Å². The van der Waals surface area contributed by atoms with Gasteiger partial charge in [0.15, 0.2) is 6.10 Å². The fourth-order valence-electron chi connectivity index (χ4n) is 2.11. The monoisotopic (exact) mass is 299 g/mol. The van der Waals surface area contributed by atoms with Crippen LogP contribution in [0.5, 0.6) is 11.5 Å². The number of aromatic hydroxyl groups is 1. The summed E-state index contributed by atoms with van der Waals surface area (Å²) in [5.41, 5.74) is 3.45. The third-order valence-corrected chi connectivity index (χ3v) is 3.48. The molecule has 0 aliphatic rings. The zero-order valence-electron chi connectivity index (χ0n) is 13.3. The third kappa shape index (κ3) is 3.79. The van der Waals surface area contributed by atoms with Gasteiger partial charge in [-0.15, -0.1) is 0 Å². The Balaban J connectivity index is 2.04. The van der Waals surface area contributed by atoms with Gasteiger partial charge in [0.1, 0.15) is 11.5 Å². The van der Waals surface area contributed by atoms with Gasteiger partial charge in [0.05, 0.1) is 0 Å². The lowest BCUT2D eigenvalue weighted by Crippen LogP contribution is -2.30. The molecular formula is C18H21NO3. The number of benzene rings is 2. The number of carbonyl (C=O) groups is 1. The second-order valence-electron chi connectivity index (χ2n) is 5.52. The van der Waals surface area contributed by atoms with Gasteiger partial charge >= 0.3 is 0 Å². The summed E-state index contributed by atoms with van der Waals surface area (Å²) in [6, 6.07) is 10.9. The third-order valence-electron chi connectivity index (χ3n) is 3.48. The van der Waals surface area contributed by atoms with Gasteiger partial charge in [-0.3, -0.25) is 4.79 Å². The fraction of sp³-hybridized carbons (Fsp3) is 0.278. The highest BCUT2D eigenvalue weighted by Crippen LogP contribution is 2.22. The zero-order chi connectivity index (χ0) is 16.3. The van der Waals surface area contributed by atoms with Gasteiger partial charge in [0.25, 0.3) is 5.91 Å². The molecule has 0 saturated heterocycles. The summed E-state index contributed by atoms with van der Waals surface area (Å²) in [6.45, 7) is 7.46. The molecular weight excluding hydrogens is 278 g/mol. The first kappa shape index (κ1) is 15.9. The SMILES string of the molecule is Cc1ccc(O[C@@H](C)C(=O)Nc2ccc(C)c(O)c2)c(C)c1. The number of hydrogen-bond acceptors (Lipinski definition) is 3. The number of carbonyl (C=O) groups excluding carboxylic acids is 1. The molecule has 0 aromatic heterocycles. The number of amides is 1. The molecule has 2 aromatic rings. The molecule has 0 aliphatic heterocycles. The van der Waals surface area contributed by atoms with E-state index in [4.69, 9.17) is 4.74 Å². The highest BCUT2D eigenvalue weighted by molar-refractivity contribution is 5.94. The van der Waals surface area contributed by atoms with E-state index in [2.05, 4.69) is 5.32 Å². The molecule has 0 fully saturated rings. The van der Waals surface area contributed by atoms with E-state index in [0.29, 0.717) is 11.4 Å². The number of anilines is 1. The number of hydrogen-bond donors (Lipinski definition) is 2. The van der Waals surface area contributed by atoms with Gasteiger partial charge in [-0.2, -0.15) is 0 Å². The van der Waals surface area contributed by atoms with E-state index in [0.717, 1.165) is 16.7 Å². The molecule has 1 atom stereocenters. The van der Waals surface area contributed by atoms with Crippen molar-refractivity contribution in [3.63, 3.8) is 0 Å². The zero-order valence-corrected chi connectivity index (χ0v) is 13.3. The van der Waals surface area contributed by atoms with Crippen LogP contribution in [0.2, 0.25) is 0 Å². The summed E-state index contributed by atoms with van der Waals surface area (Å²) in [7, 11) is 0. The van der Waals surface area contributed by atoms with Crippen LogP contribution in [0.4, 0.5) is 5.69 Å². The van der Waals surface area contributed by atoms with E-state index in [9.17, 15) is 9.90 Å². The summed E-state index contributed by atoms with van der Waals surface area (Å²) in [6.07, 6.45) is -0.634. The van der Waals surface area contributed by atoms with Crippen LogP contribution in [0.1, 0.15) is 23.6 Å². The molecule has 1 amide bonds. The number of ether oxygens (including phenoxy) is 1. The highest BCUT2D eigenvalue weighted by Gasteiger charge is 2.16. The molecule has 2 rings (SSSR count). The number of aryl methyl sites for hydroxylation is 3. The van der Waals surface area contributed by atoms with Crippen LogP contribution in [0.25, 0.3) is 0 Å². The normalized spacial score (nSPS) is 11.8. The lowest BCUT2D eigenvalue weighted by Gasteiger charge is -2.17. The Hall–Kier alpha value is -2.49. The lowest BCUT2D eigenvalue weighted by molar-refractivity contribution is -0.122. The van der Waals surface area contributed by atoms with Gasteiger partial charge in [0.2, 0.25) is 0 Å². The largest absolute Gasteiger partial charge is 0.508 e. The van der Waals surface area contributed by atoms with Crippen molar-refractivity contribution >= 4 is 11.6 Å². The molecule has 0 spiro atoms. The van der Waals surface area contributed by atoms with Gasteiger partial charge in [-0.25, -0.2) is 0 Å². The summed E-state index contributed by atoms with van der Waals surface area (Å²) in [5, 5.41) is 12.4. The molecule has 0 radical (unpaired) electrons. The summed E-state index contributed by atoms with van der Waals surface area (Å²) < 4.78 is 5.71. The van der Waals surface area contributed by atoms with E-state index in [1.807, 2.05) is 32.0 Å². The number of nitrogens with one attached hydrogen (secondary N) is 1. The minimum Gasteiger partial charge on any atom is -0.508 e. The van der Waals surface area contributed by atoms with Crippen molar-refractivity contribution in [1.29, 1.82) is 0 Å². The Bertz CT molecular complexity index is 695. The van der Waals surface area contributed by atoms with Crippen LogP contribution in [0.3, 0.4) is 0 Å². The predicted molar refractivity (Wildman–Crippen MR) is 87.5 cm³/mol. The predicted octanol–water partition coefficient (Wildman–Crippen LogP) is 3.72. The van der Waals surface area contributed by atoms with Crippen molar-refractivity contribution in [1.82, 2.24) is 0 Å². The minimum absolute atomic E-state index is 0.153. The number of rotatable bonds is 4. The molecule has 0 bridgehead atoms. The fourth-order valence-corrected chi connectivity index (χ4v) is 2.11. The Kier molecular flexibility index (Phi) is 4.71. The molecule has 0 unspecified atom stereocenters. The van der Waals surface area contributed by atoms with E-state index >= 15 is 0 Å². The van der Waals surface area contributed by atoms with Crippen LogP contribution in [0.15, 0.2) is 36.4 Å². The highest BCUT2D eigenvalue weighted by atomic mass is 16.5. The van der Waals surface area contributed by atoms with E-state index in [-0.39, 0.29) is 11.7 Å². The Morgan fingerprint density at radius 3 is 2.45 bits per heavy atom. The quantitative estimate of drug-likeness (QED) is 0.904. The number of phenols is 1. The van der Waals surface area contributed by atoms with E-state index < -0.39 is 6.10 Å². The smallest absolute Gasteiger partial charge is 0.265 e. The van der Waals surface area contributed by atoms with Gasteiger partial charge < -0.3 is 15.2 Å². The molecule has 2 N–H and O–H groups in total. The second kappa shape index (κ2) is 6.52. The van der Waals surface area contributed by atoms with Gasteiger partial charge in [-0.05, 0) is 51.0 Å². The average Bonchev–Trinajstić information content (AvgIpc) is 2.45. The Morgan fingerprint density at radius 2 is 1.82 bits per heavy atom. The van der Waals surface area contributed by atoms with Gasteiger partial charge in [0, 0.05) is 11.8 Å². The van der Waals surface area contributed by atoms with Crippen LogP contribution < -0.4 is 10.1 Å². The average molecular weight is 299 g/mol. The van der Waals surface area contributed by atoms with Crippen molar-refractivity contribution < 1.29 is 14.6 Å². The first-order chi connectivity index (χ1) is 10.4. The molecule has 4 heteroatoms. The molecule has 4 nitrogen and oxygen atoms in total. The van der Waals surface area contributed by atoms with E-state index in [1.54, 1.807) is 26.0 Å².